The lowest BCUT2D eigenvalue weighted by Gasteiger charge is -2.35. The number of nitrogens with one attached hydrogen (secondary N) is 1. The molecule has 1 saturated carbocycles. The molecule has 0 saturated heterocycles. The molecule has 0 aliphatic heterocycles. The summed E-state index contributed by atoms with van der Waals surface area (Å²) in [6.07, 6.45) is -1.35. The third-order valence-corrected chi connectivity index (χ3v) is 6.55. The summed E-state index contributed by atoms with van der Waals surface area (Å²) in [7, 11) is -4.25. The van der Waals surface area contributed by atoms with Crippen molar-refractivity contribution in [2.75, 3.05) is 11.9 Å². The van der Waals surface area contributed by atoms with Crippen LogP contribution in [0.3, 0.4) is 0 Å². The summed E-state index contributed by atoms with van der Waals surface area (Å²) < 4.78 is 56.3. The van der Waals surface area contributed by atoms with Crippen LogP contribution in [0.1, 0.15) is 31.2 Å². The van der Waals surface area contributed by atoms with Crippen molar-refractivity contribution in [3.05, 3.63) is 53.1 Å². The van der Waals surface area contributed by atoms with Gasteiger partial charge in [0.25, 0.3) is 0 Å². The highest BCUT2D eigenvalue weighted by atomic mass is 35.5. The molecule has 0 aromatic heterocycles. The average molecular weight is 489 g/mol. The van der Waals surface area contributed by atoms with Crippen molar-refractivity contribution < 1.29 is 31.8 Å². The number of anilines is 1. The number of carbonyl (C=O) groups is 1. The van der Waals surface area contributed by atoms with Crippen LogP contribution >= 0.6 is 11.6 Å². The normalized spacial score (nSPS) is 17.5. The maximum atomic E-state index is 13.4. The van der Waals surface area contributed by atoms with E-state index in [0.717, 1.165) is 6.07 Å². The van der Waals surface area contributed by atoms with Crippen LogP contribution in [0.4, 0.5) is 14.5 Å². The van der Waals surface area contributed by atoms with Gasteiger partial charge < -0.3 is 15.2 Å². The second-order valence-electron chi connectivity index (χ2n) is 7.89. The van der Waals surface area contributed by atoms with Gasteiger partial charge in [0.05, 0.1) is 12.0 Å². The lowest BCUT2D eigenvalue weighted by molar-refractivity contribution is -0.116. The fraction of sp³-hybridized carbons (Fsp3) is 0.381. The number of carbonyl (C=O) groups excluding carboxylic acids is 1. The van der Waals surface area contributed by atoms with E-state index < -0.39 is 45.2 Å². The first kappa shape index (κ1) is 24.4. The van der Waals surface area contributed by atoms with Gasteiger partial charge in [-0.3, -0.25) is 4.79 Å². The quantitative estimate of drug-likeness (QED) is 0.551. The van der Waals surface area contributed by atoms with E-state index in [1.807, 2.05) is 0 Å². The van der Waals surface area contributed by atoms with Crippen molar-refractivity contribution >= 4 is 33.2 Å². The molecule has 1 aliphatic rings. The van der Waals surface area contributed by atoms with E-state index in [4.69, 9.17) is 21.5 Å². The Bertz CT molecular complexity index is 1100. The van der Waals surface area contributed by atoms with E-state index in [1.165, 1.54) is 12.1 Å². The fourth-order valence-corrected chi connectivity index (χ4v) is 4.29. The van der Waals surface area contributed by atoms with Gasteiger partial charge in [0.15, 0.2) is 0 Å². The standard InChI is InChI=1S/C21H23ClF2N2O5S/c22-16-4-2-1-3-14(16)11-19(27)26-15-5-6-17(18(12-15)32(25,29)30)31-13-20(28)7-9-21(23,24)10-8-20/h1-6,12,28H,7-11,13H2,(H,26,27)(H2,25,29,30). The molecule has 0 bridgehead atoms. The van der Waals surface area contributed by atoms with Crippen molar-refractivity contribution in [3.8, 4) is 5.75 Å². The average Bonchev–Trinajstić information content (AvgIpc) is 2.71. The predicted molar refractivity (Wildman–Crippen MR) is 115 cm³/mol. The van der Waals surface area contributed by atoms with Gasteiger partial charge in [-0.05, 0) is 42.7 Å². The highest BCUT2D eigenvalue weighted by Crippen LogP contribution is 2.39. The molecule has 1 fully saturated rings. The van der Waals surface area contributed by atoms with Crippen molar-refractivity contribution in [2.45, 2.75) is 48.5 Å². The van der Waals surface area contributed by atoms with E-state index in [2.05, 4.69) is 5.32 Å². The summed E-state index contributed by atoms with van der Waals surface area (Å²) in [5.74, 6) is -3.41. The second-order valence-corrected chi connectivity index (χ2v) is 9.83. The zero-order valence-electron chi connectivity index (χ0n) is 17.0. The Hall–Kier alpha value is -2.27. The molecule has 0 spiro atoms. The van der Waals surface area contributed by atoms with Crippen LogP contribution in [0.25, 0.3) is 0 Å². The largest absolute Gasteiger partial charge is 0.489 e. The molecule has 0 atom stereocenters. The van der Waals surface area contributed by atoms with Gasteiger partial charge >= 0.3 is 0 Å². The molecule has 1 amide bonds. The Morgan fingerprint density at radius 1 is 1.16 bits per heavy atom. The van der Waals surface area contributed by atoms with Gasteiger partial charge in [0.1, 0.15) is 17.3 Å². The number of ether oxygens (including phenoxy) is 1. The van der Waals surface area contributed by atoms with Crippen molar-refractivity contribution in [3.63, 3.8) is 0 Å². The number of hydrogen-bond donors (Lipinski definition) is 3. The molecule has 174 valence electrons. The summed E-state index contributed by atoms with van der Waals surface area (Å²) in [6, 6.07) is 10.6. The maximum absolute atomic E-state index is 13.4. The molecule has 3 rings (SSSR count). The third-order valence-electron chi connectivity index (χ3n) is 5.25. The molecule has 7 nitrogen and oxygen atoms in total. The molecule has 0 radical (unpaired) electrons. The Balaban J connectivity index is 1.72. The van der Waals surface area contributed by atoms with Gasteiger partial charge in [-0.2, -0.15) is 0 Å². The van der Waals surface area contributed by atoms with Crippen LogP contribution in [-0.4, -0.2) is 37.6 Å². The fourth-order valence-electron chi connectivity index (χ4n) is 3.38. The van der Waals surface area contributed by atoms with Crippen molar-refractivity contribution in [2.24, 2.45) is 5.14 Å². The number of amides is 1. The monoisotopic (exact) mass is 488 g/mol. The Morgan fingerprint density at radius 3 is 2.44 bits per heavy atom. The molecule has 11 heteroatoms. The summed E-state index contributed by atoms with van der Waals surface area (Å²) in [5.41, 5.74) is -0.738. The summed E-state index contributed by atoms with van der Waals surface area (Å²) in [6.45, 7) is -0.371. The third kappa shape index (κ3) is 6.38. The molecule has 32 heavy (non-hydrogen) atoms. The Kier molecular flexibility index (Phi) is 7.09. The van der Waals surface area contributed by atoms with Crippen LogP contribution in [0.15, 0.2) is 47.4 Å². The summed E-state index contributed by atoms with van der Waals surface area (Å²) in [5, 5.41) is 18.8. The molecule has 1 aliphatic carbocycles. The Labute approximate surface area is 189 Å². The van der Waals surface area contributed by atoms with Crippen LogP contribution in [-0.2, 0) is 21.2 Å². The topological polar surface area (TPSA) is 119 Å². The minimum atomic E-state index is -4.25. The van der Waals surface area contributed by atoms with E-state index in [-0.39, 0.29) is 37.3 Å². The van der Waals surface area contributed by atoms with Crippen molar-refractivity contribution in [1.82, 2.24) is 0 Å². The van der Waals surface area contributed by atoms with Crippen LogP contribution in [0.2, 0.25) is 5.02 Å². The molecule has 0 unspecified atom stereocenters. The zero-order chi connectivity index (χ0) is 23.6. The van der Waals surface area contributed by atoms with E-state index in [0.29, 0.717) is 10.6 Å². The smallest absolute Gasteiger partial charge is 0.248 e. The number of halogens is 3. The van der Waals surface area contributed by atoms with Crippen LogP contribution in [0, 0.1) is 0 Å². The number of benzene rings is 2. The zero-order valence-corrected chi connectivity index (χ0v) is 18.6. The highest BCUT2D eigenvalue weighted by molar-refractivity contribution is 7.89. The van der Waals surface area contributed by atoms with Crippen molar-refractivity contribution in [1.29, 1.82) is 0 Å². The van der Waals surface area contributed by atoms with Gasteiger partial charge in [-0.1, -0.05) is 29.8 Å². The first-order valence-corrected chi connectivity index (χ1v) is 11.7. The van der Waals surface area contributed by atoms with Gasteiger partial charge in [0, 0.05) is 23.6 Å². The van der Waals surface area contributed by atoms with E-state index in [9.17, 15) is 27.1 Å². The SMILES string of the molecule is NS(=O)(=O)c1cc(NC(=O)Cc2ccccc2Cl)ccc1OCC1(O)CCC(F)(F)CC1. The molecule has 4 N–H and O–H groups in total. The molecular formula is C21H23ClF2N2O5S. The minimum absolute atomic E-state index is 0.0275. The van der Waals surface area contributed by atoms with Crippen LogP contribution in [0.5, 0.6) is 5.75 Å². The predicted octanol–water partition coefficient (Wildman–Crippen LogP) is 3.49. The minimum Gasteiger partial charge on any atom is -0.489 e. The van der Waals surface area contributed by atoms with Gasteiger partial charge in [-0.25, -0.2) is 22.3 Å². The molecular weight excluding hydrogens is 466 g/mol. The van der Waals surface area contributed by atoms with Crippen LogP contribution < -0.4 is 15.2 Å². The van der Waals surface area contributed by atoms with Gasteiger partial charge in [0.2, 0.25) is 21.9 Å². The second kappa shape index (κ2) is 9.30. The lowest BCUT2D eigenvalue weighted by atomic mass is 9.83. The lowest BCUT2D eigenvalue weighted by Crippen LogP contribution is -2.43. The first-order valence-electron chi connectivity index (χ1n) is 9.80. The van der Waals surface area contributed by atoms with E-state index >= 15 is 0 Å². The number of aliphatic hydroxyl groups is 1. The number of rotatable bonds is 7. The summed E-state index contributed by atoms with van der Waals surface area (Å²) >= 11 is 6.05. The highest BCUT2D eigenvalue weighted by Gasteiger charge is 2.42. The number of alkyl halides is 2. The van der Waals surface area contributed by atoms with Gasteiger partial charge in [-0.15, -0.1) is 0 Å². The number of hydrogen-bond acceptors (Lipinski definition) is 5. The summed E-state index contributed by atoms with van der Waals surface area (Å²) in [4.78, 5) is 11.9. The Morgan fingerprint density at radius 2 is 1.81 bits per heavy atom. The number of primary sulfonamides is 1. The maximum Gasteiger partial charge on any atom is 0.248 e. The van der Waals surface area contributed by atoms with E-state index in [1.54, 1.807) is 24.3 Å². The molecule has 0 heterocycles. The number of nitrogens with two attached hydrogens (primary N) is 1. The molecule has 2 aromatic rings. The first-order chi connectivity index (χ1) is 14.9. The molecule has 2 aromatic carbocycles. The number of sulfonamides is 1.